The number of amides is 1. The number of halogens is 3. The Morgan fingerprint density at radius 2 is 1.83 bits per heavy atom. The third-order valence-corrected chi connectivity index (χ3v) is 5.84. The molecule has 2 atom stereocenters. The lowest BCUT2D eigenvalue weighted by Gasteiger charge is -2.41. The largest absolute Gasteiger partial charge is 0.415 e. The maximum absolute atomic E-state index is 13.9. The molecule has 2 unspecified atom stereocenters. The molecule has 128 valence electrons. The first-order valence-electron chi connectivity index (χ1n) is 7.14. The molecule has 0 aliphatic carbocycles. The third-order valence-electron chi connectivity index (χ3n) is 4.36. The van der Waals surface area contributed by atoms with Crippen molar-refractivity contribution in [3.63, 3.8) is 0 Å². The molecule has 8 heteroatoms. The average Bonchev–Trinajstić information content (AvgIpc) is 2.91. The molecular formula is C15H18F3NO3S. The second-order valence-corrected chi connectivity index (χ2v) is 8.16. The van der Waals surface area contributed by atoms with Crippen molar-refractivity contribution < 1.29 is 26.4 Å². The van der Waals surface area contributed by atoms with Crippen LogP contribution in [0.15, 0.2) is 30.3 Å². The molecule has 1 aliphatic rings. The average molecular weight is 349 g/mol. The van der Waals surface area contributed by atoms with Crippen molar-refractivity contribution in [2.45, 2.75) is 36.7 Å². The Balaban J connectivity index is 2.57. The smallest absolute Gasteiger partial charge is 0.323 e. The molecule has 4 nitrogen and oxygen atoms in total. The van der Waals surface area contributed by atoms with Crippen molar-refractivity contribution in [3.05, 3.63) is 35.9 Å². The van der Waals surface area contributed by atoms with Crippen molar-refractivity contribution >= 4 is 15.7 Å². The number of rotatable bonds is 3. The van der Waals surface area contributed by atoms with E-state index in [-0.39, 0.29) is 24.9 Å². The molecule has 1 aromatic rings. The van der Waals surface area contributed by atoms with Crippen LogP contribution < -0.4 is 0 Å². The summed E-state index contributed by atoms with van der Waals surface area (Å²) in [5, 5.41) is -1.51. The number of carbonyl (C=O) groups excluding carboxylic acids is 1. The number of benzene rings is 1. The van der Waals surface area contributed by atoms with Crippen molar-refractivity contribution in [1.82, 2.24) is 4.90 Å². The Kier molecular flexibility index (Phi) is 4.49. The summed E-state index contributed by atoms with van der Waals surface area (Å²) in [4.78, 5) is 13.2. The van der Waals surface area contributed by atoms with Crippen molar-refractivity contribution in [3.8, 4) is 0 Å². The molecule has 0 aromatic heterocycles. The van der Waals surface area contributed by atoms with E-state index in [1.807, 2.05) is 0 Å². The number of likely N-dealkylation sites (tertiary alicyclic amines) is 1. The van der Waals surface area contributed by atoms with E-state index >= 15 is 0 Å². The Morgan fingerprint density at radius 3 is 2.30 bits per heavy atom. The number of sulfone groups is 1. The highest BCUT2D eigenvalue weighted by Gasteiger charge is 2.63. The summed E-state index contributed by atoms with van der Waals surface area (Å²) in [5.41, 5.74) is -2.51. The molecule has 23 heavy (non-hydrogen) atoms. The lowest BCUT2D eigenvalue weighted by Crippen LogP contribution is -2.57. The summed E-state index contributed by atoms with van der Waals surface area (Å²) in [7, 11) is -3.78. The van der Waals surface area contributed by atoms with Crippen LogP contribution in [0.2, 0.25) is 0 Å². The fourth-order valence-corrected chi connectivity index (χ4v) is 3.49. The summed E-state index contributed by atoms with van der Waals surface area (Å²) in [6.07, 6.45) is -3.96. The zero-order chi connectivity index (χ0) is 17.5. The number of alkyl halides is 3. The van der Waals surface area contributed by atoms with Crippen LogP contribution in [0.4, 0.5) is 13.2 Å². The van der Waals surface area contributed by atoms with Gasteiger partial charge in [0, 0.05) is 12.8 Å². The van der Waals surface area contributed by atoms with Crippen LogP contribution in [0, 0.1) is 0 Å². The maximum atomic E-state index is 13.9. The second-order valence-electron chi connectivity index (χ2n) is 5.79. The number of hydrogen-bond donors (Lipinski definition) is 0. The van der Waals surface area contributed by atoms with Crippen LogP contribution in [0.25, 0.3) is 0 Å². The van der Waals surface area contributed by atoms with E-state index in [1.54, 1.807) is 6.07 Å². The van der Waals surface area contributed by atoms with Gasteiger partial charge in [-0.05, 0) is 25.3 Å². The Morgan fingerprint density at radius 1 is 1.26 bits per heavy atom. The molecule has 0 bridgehead atoms. The van der Waals surface area contributed by atoms with Crippen molar-refractivity contribution in [2.75, 3.05) is 12.8 Å². The highest BCUT2D eigenvalue weighted by atomic mass is 32.2. The monoisotopic (exact) mass is 349 g/mol. The van der Waals surface area contributed by atoms with E-state index in [0.29, 0.717) is 4.90 Å². The molecule has 0 saturated carbocycles. The van der Waals surface area contributed by atoms with Gasteiger partial charge in [-0.25, -0.2) is 8.42 Å². The van der Waals surface area contributed by atoms with Gasteiger partial charge < -0.3 is 4.90 Å². The minimum Gasteiger partial charge on any atom is -0.323 e. The van der Waals surface area contributed by atoms with E-state index in [2.05, 4.69) is 0 Å². The molecular weight excluding hydrogens is 331 g/mol. The van der Waals surface area contributed by atoms with E-state index in [0.717, 1.165) is 13.2 Å². The minimum atomic E-state index is -4.70. The first kappa shape index (κ1) is 17.8. The van der Waals surface area contributed by atoms with Crippen LogP contribution in [-0.2, 0) is 20.2 Å². The van der Waals surface area contributed by atoms with Crippen molar-refractivity contribution in [1.29, 1.82) is 0 Å². The normalized spacial score (nSPS) is 23.8. The molecule has 2 rings (SSSR count). The quantitative estimate of drug-likeness (QED) is 0.843. The zero-order valence-electron chi connectivity index (χ0n) is 12.8. The summed E-state index contributed by atoms with van der Waals surface area (Å²) in [6.45, 7) is 1.01. The van der Waals surface area contributed by atoms with Gasteiger partial charge >= 0.3 is 6.18 Å². The van der Waals surface area contributed by atoms with E-state index in [1.165, 1.54) is 24.3 Å². The molecule has 1 fully saturated rings. The molecule has 1 saturated heterocycles. The van der Waals surface area contributed by atoms with Gasteiger partial charge in [0.05, 0.1) is 0 Å². The Labute approximate surface area is 133 Å². The van der Waals surface area contributed by atoms with Gasteiger partial charge in [0.2, 0.25) is 5.91 Å². The van der Waals surface area contributed by atoms with E-state index < -0.39 is 32.7 Å². The Bertz CT molecular complexity index is 688. The van der Waals surface area contributed by atoms with Crippen LogP contribution in [-0.4, -0.2) is 43.5 Å². The highest BCUT2D eigenvalue weighted by molar-refractivity contribution is 7.92. The first-order chi connectivity index (χ1) is 10.5. The standard InChI is InChI=1S/C15H18F3NO3S/c1-11(23(2,21)22)13(20)19-10-6-9-14(19,15(16,17)18)12-7-4-3-5-8-12/h3-5,7-8,11H,6,9-10H2,1-2H3. The van der Waals surface area contributed by atoms with E-state index in [9.17, 15) is 26.4 Å². The molecule has 0 spiro atoms. The predicted molar refractivity (Wildman–Crippen MR) is 79.4 cm³/mol. The number of nitrogens with zero attached hydrogens (tertiary/aromatic N) is 1. The van der Waals surface area contributed by atoms with Gasteiger partial charge in [0.25, 0.3) is 0 Å². The number of carbonyl (C=O) groups is 1. The summed E-state index contributed by atoms with van der Waals surface area (Å²) in [6, 6.07) is 7.19. The van der Waals surface area contributed by atoms with E-state index in [4.69, 9.17) is 0 Å². The van der Waals surface area contributed by atoms with Crippen LogP contribution in [0.1, 0.15) is 25.3 Å². The third kappa shape index (κ3) is 2.96. The predicted octanol–water partition coefficient (Wildman–Crippen LogP) is 2.50. The van der Waals surface area contributed by atoms with Gasteiger partial charge in [-0.15, -0.1) is 0 Å². The summed E-state index contributed by atoms with van der Waals surface area (Å²) >= 11 is 0. The lowest BCUT2D eigenvalue weighted by molar-refractivity contribution is -0.228. The SMILES string of the molecule is CC(C(=O)N1CCCC1(c1ccccc1)C(F)(F)F)S(C)(=O)=O. The van der Waals surface area contributed by atoms with Gasteiger partial charge in [0.15, 0.2) is 15.4 Å². The second kappa shape index (κ2) is 5.81. The number of hydrogen-bond acceptors (Lipinski definition) is 3. The van der Waals surface area contributed by atoms with Gasteiger partial charge in [-0.1, -0.05) is 30.3 Å². The highest BCUT2D eigenvalue weighted by Crippen LogP contribution is 2.50. The fourth-order valence-electron chi connectivity index (χ4n) is 2.99. The van der Waals surface area contributed by atoms with Crippen LogP contribution >= 0.6 is 0 Å². The van der Waals surface area contributed by atoms with Crippen molar-refractivity contribution in [2.24, 2.45) is 0 Å². The van der Waals surface area contributed by atoms with Gasteiger partial charge in [0.1, 0.15) is 5.25 Å². The fraction of sp³-hybridized carbons (Fsp3) is 0.533. The van der Waals surface area contributed by atoms with Gasteiger partial charge in [-0.3, -0.25) is 4.79 Å². The Hall–Kier alpha value is -1.57. The zero-order valence-corrected chi connectivity index (χ0v) is 13.6. The molecule has 1 amide bonds. The first-order valence-corrected chi connectivity index (χ1v) is 9.10. The molecule has 0 N–H and O–H groups in total. The molecule has 1 aliphatic heterocycles. The van der Waals surface area contributed by atoms with Gasteiger partial charge in [-0.2, -0.15) is 13.2 Å². The summed E-state index contributed by atoms with van der Waals surface area (Å²) in [5.74, 6) is -1.01. The van der Waals surface area contributed by atoms with Crippen LogP contribution in [0.5, 0.6) is 0 Å². The topological polar surface area (TPSA) is 54.5 Å². The van der Waals surface area contributed by atoms with Crippen LogP contribution in [0.3, 0.4) is 0 Å². The maximum Gasteiger partial charge on any atom is 0.415 e. The molecule has 0 radical (unpaired) electrons. The molecule has 1 heterocycles. The lowest BCUT2D eigenvalue weighted by atomic mass is 9.86. The minimum absolute atomic E-state index is 0.0425. The summed E-state index contributed by atoms with van der Waals surface area (Å²) < 4.78 is 65.0. The molecule has 1 aromatic carbocycles.